The van der Waals surface area contributed by atoms with E-state index in [1.807, 2.05) is 30.3 Å². The lowest BCUT2D eigenvalue weighted by atomic mass is 10.1. The fourth-order valence-electron chi connectivity index (χ4n) is 2.23. The molecule has 0 amide bonds. The van der Waals surface area contributed by atoms with Crippen LogP contribution in [0.2, 0.25) is 0 Å². The van der Waals surface area contributed by atoms with Crippen LogP contribution in [0, 0.1) is 0 Å². The van der Waals surface area contributed by atoms with Gasteiger partial charge in [-0.25, -0.2) is 4.79 Å². The van der Waals surface area contributed by atoms with E-state index >= 15 is 0 Å². The first-order valence-electron chi connectivity index (χ1n) is 8.24. The molecule has 2 rings (SSSR count). The maximum absolute atomic E-state index is 11.8. The maximum atomic E-state index is 11.8. The molecule has 0 aliphatic rings. The second kappa shape index (κ2) is 8.38. The van der Waals surface area contributed by atoms with Crippen molar-refractivity contribution >= 4 is 17.6 Å². The molecule has 0 radical (unpaired) electrons. The molecule has 0 fully saturated rings. The second-order valence-corrected chi connectivity index (χ2v) is 6.73. The number of esters is 1. The quantitative estimate of drug-likeness (QED) is 0.735. The average Bonchev–Trinajstić information content (AvgIpc) is 2.57. The molecule has 0 atom stereocenters. The predicted octanol–water partition coefficient (Wildman–Crippen LogP) is 3.72. The number of aromatic carboxylic acids is 1. The van der Waals surface area contributed by atoms with Gasteiger partial charge in [-0.05, 0) is 44.5 Å². The zero-order valence-electron chi connectivity index (χ0n) is 15.1. The Hall–Kier alpha value is -3.02. The van der Waals surface area contributed by atoms with Crippen molar-refractivity contribution < 1.29 is 24.2 Å². The minimum atomic E-state index is -1.11. The van der Waals surface area contributed by atoms with Crippen LogP contribution in [-0.2, 0) is 16.1 Å². The van der Waals surface area contributed by atoms with Crippen molar-refractivity contribution in [1.82, 2.24) is 0 Å². The summed E-state index contributed by atoms with van der Waals surface area (Å²) in [5.41, 5.74) is 0.745. The van der Waals surface area contributed by atoms with Gasteiger partial charge in [-0.2, -0.15) is 0 Å². The third-order valence-electron chi connectivity index (χ3n) is 3.31. The van der Waals surface area contributed by atoms with Gasteiger partial charge in [0.15, 0.2) is 0 Å². The number of ether oxygens (including phenoxy) is 2. The van der Waals surface area contributed by atoms with Gasteiger partial charge in [0, 0.05) is 5.69 Å². The SMILES string of the molecule is CC(C)(C)OC(=O)CNc1ccc(OCc2ccccc2)cc1C(=O)O. The highest BCUT2D eigenvalue weighted by atomic mass is 16.6. The molecule has 0 aliphatic heterocycles. The fourth-order valence-corrected chi connectivity index (χ4v) is 2.23. The largest absolute Gasteiger partial charge is 0.489 e. The minimum absolute atomic E-state index is 0.0270. The molecule has 2 N–H and O–H groups in total. The Morgan fingerprint density at radius 3 is 2.38 bits per heavy atom. The first-order chi connectivity index (χ1) is 12.2. The Balaban J connectivity index is 2.03. The average molecular weight is 357 g/mol. The lowest BCUT2D eigenvalue weighted by molar-refractivity contribution is -0.152. The second-order valence-electron chi connectivity index (χ2n) is 6.73. The van der Waals surface area contributed by atoms with E-state index in [2.05, 4.69) is 5.32 Å². The van der Waals surface area contributed by atoms with E-state index in [1.165, 1.54) is 6.07 Å². The molecule has 0 aliphatic carbocycles. The number of hydrogen-bond acceptors (Lipinski definition) is 5. The Morgan fingerprint density at radius 1 is 1.08 bits per heavy atom. The number of carboxylic acids is 1. The number of rotatable bonds is 7. The number of carbonyl (C=O) groups is 2. The van der Waals surface area contributed by atoms with Gasteiger partial charge in [0.2, 0.25) is 0 Å². The molecule has 0 saturated carbocycles. The minimum Gasteiger partial charge on any atom is -0.489 e. The molecule has 0 unspecified atom stereocenters. The topological polar surface area (TPSA) is 84.9 Å². The molecule has 0 bridgehead atoms. The zero-order valence-corrected chi connectivity index (χ0v) is 15.1. The van der Waals surface area contributed by atoms with Gasteiger partial charge in [-0.15, -0.1) is 0 Å². The summed E-state index contributed by atoms with van der Waals surface area (Å²) in [7, 11) is 0. The monoisotopic (exact) mass is 357 g/mol. The van der Waals surface area contributed by atoms with Crippen molar-refractivity contribution in [3.05, 3.63) is 59.7 Å². The van der Waals surface area contributed by atoms with E-state index in [4.69, 9.17) is 9.47 Å². The molecule has 2 aromatic carbocycles. The first-order valence-corrected chi connectivity index (χ1v) is 8.24. The van der Waals surface area contributed by atoms with Gasteiger partial charge < -0.3 is 19.9 Å². The van der Waals surface area contributed by atoms with Gasteiger partial charge in [0.25, 0.3) is 0 Å². The lowest BCUT2D eigenvalue weighted by Crippen LogP contribution is -2.28. The van der Waals surface area contributed by atoms with Gasteiger partial charge >= 0.3 is 11.9 Å². The number of anilines is 1. The van der Waals surface area contributed by atoms with Crippen LogP contribution in [0.15, 0.2) is 48.5 Å². The van der Waals surface area contributed by atoms with E-state index < -0.39 is 17.5 Å². The van der Waals surface area contributed by atoms with Gasteiger partial charge in [0.05, 0.1) is 5.56 Å². The molecule has 6 heteroatoms. The summed E-state index contributed by atoms with van der Waals surface area (Å²) < 4.78 is 10.8. The van der Waals surface area contributed by atoms with Crippen molar-refractivity contribution in [3.8, 4) is 5.75 Å². The van der Waals surface area contributed by atoms with E-state index in [9.17, 15) is 14.7 Å². The number of hydrogen-bond donors (Lipinski definition) is 2. The molecule has 2 aromatic rings. The zero-order chi connectivity index (χ0) is 19.2. The van der Waals surface area contributed by atoms with E-state index in [0.717, 1.165) is 5.56 Å². The third-order valence-corrected chi connectivity index (χ3v) is 3.31. The van der Waals surface area contributed by atoms with Crippen LogP contribution >= 0.6 is 0 Å². The Labute approximate surface area is 152 Å². The summed E-state index contributed by atoms with van der Waals surface area (Å²) in [6.45, 7) is 5.53. The molecular weight excluding hydrogens is 334 g/mol. The Kier molecular flexibility index (Phi) is 6.22. The third kappa shape index (κ3) is 6.12. The maximum Gasteiger partial charge on any atom is 0.337 e. The molecule has 6 nitrogen and oxygen atoms in total. The van der Waals surface area contributed by atoms with Crippen LogP contribution in [0.1, 0.15) is 36.7 Å². The summed E-state index contributed by atoms with van der Waals surface area (Å²) in [5.74, 6) is -1.13. The molecule has 0 heterocycles. The van der Waals surface area contributed by atoms with Crippen LogP contribution in [0.25, 0.3) is 0 Å². The molecule has 0 aromatic heterocycles. The summed E-state index contributed by atoms with van der Waals surface area (Å²) in [4.78, 5) is 23.3. The highest BCUT2D eigenvalue weighted by Crippen LogP contribution is 2.23. The Bertz CT molecular complexity index is 766. The summed E-state index contributed by atoms with van der Waals surface area (Å²) in [6, 6.07) is 14.3. The van der Waals surface area contributed by atoms with Crippen LogP contribution in [-0.4, -0.2) is 29.2 Å². The molecule has 138 valence electrons. The molecule has 26 heavy (non-hydrogen) atoms. The summed E-state index contributed by atoms with van der Waals surface area (Å²) >= 11 is 0. The van der Waals surface area contributed by atoms with Crippen molar-refractivity contribution in [2.24, 2.45) is 0 Å². The van der Waals surface area contributed by atoms with Crippen molar-refractivity contribution in [2.75, 3.05) is 11.9 Å². The van der Waals surface area contributed by atoms with Crippen molar-refractivity contribution in [2.45, 2.75) is 33.0 Å². The van der Waals surface area contributed by atoms with E-state index in [0.29, 0.717) is 18.0 Å². The van der Waals surface area contributed by atoms with Crippen LogP contribution < -0.4 is 10.1 Å². The summed E-state index contributed by atoms with van der Waals surface area (Å²) in [6.07, 6.45) is 0. The molecule has 0 spiro atoms. The van der Waals surface area contributed by atoms with E-state index in [1.54, 1.807) is 32.9 Å². The first kappa shape index (κ1) is 19.3. The highest BCUT2D eigenvalue weighted by Gasteiger charge is 2.17. The molecular formula is C20H23NO5. The predicted molar refractivity (Wildman–Crippen MR) is 98.5 cm³/mol. The van der Waals surface area contributed by atoms with Crippen LogP contribution in [0.3, 0.4) is 0 Å². The van der Waals surface area contributed by atoms with Crippen molar-refractivity contribution in [3.63, 3.8) is 0 Å². The number of carboxylic acid groups (broad SMARTS) is 1. The van der Waals surface area contributed by atoms with Crippen LogP contribution in [0.4, 0.5) is 5.69 Å². The van der Waals surface area contributed by atoms with Gasteiger partial charge in [0.1, 0.15) is 24.5 Å². The number of benzene rings is 2. The van der Waals surface area contributed by atoms with Gasteiger partial charge in [-0.3, -0.25) is 4.79 Å². The standard InChI is InChI=1S/C20H23NO5/c1-20(2,3)26-18(22)12-21-17-10-9-15(11-16(17)19(23)24)25-13-14-7-5-4-6-8-14/h4-11,21H,12-13H2,1-3H3,(H,23,24). The smallest absolute Gasteiger partial charge is 0.337 e. The number of nitrogens with one attached hydrogen (secondary N) is 1. The normalized spacial score (nSPS) is 10.9. The number of carbonyl (C=O) groups excluding carboxylic acids is 1. The fraction of sp³-hybridized carbons (Fsp3) is 0.300. The Morgan fingerprint density at radius 2 is 1.77 bits per heavy atom. The lowest BCUT2D eigenvalue weighted by Gasteiger charge is -2.20. The van der Waals surface area contributed by atoms with Crippen LogP contribution in [0.5, 0.6) is 5.75 Å². The summed E-state index contributed by atoms with van der Waals surface area (Å²) in [5, 5.41) is 12.2. The van der Waals surface area contributed by atoms with Crippen molar-refractivity contribution in [1.29, 1.82) is 0 Å². The molecule has 0 saturated heterocycles. The highest BCUT2D eigenvalue weighted by molar-refractivity contribution is 5.95. The van der Waals surface area contributed by atoms with Gasteiger partial charge in [-0.1, -0.05) is 30.3 Å². The van der Waals surface area contributed by atoms with E-state index in [-0.39, 0.29) is 12.1 Å².